The average Bonchev–Trinajstić information content (AvgIpc) is 3.19. The van der Waals surface area contributed by atoms with Crippen molar-refractivity contribution in [1.29, 1.82) is 0 Å². The second-order valence-electron chi connectivity index (χ2n) is 6.96. The molecule has 0 atom stereocenters. The zero-order valence-corrected chi connectivity index (χ0v) is 18.3. The Balaban J connectivity index is 1.76. The van der Waals surface area contributed by atoms with Crippen LogP contribution >= 0.6 is 11.3 Å². The molecule has 9 heteroatoms. The van der Waals surface area contributed by atoms with Crippen LogP contribution in [0.1, 0.15) is 9.80 Å². The molecule has 3 aromatic carbocycles. The zero-order valence-electron chi connectivity index (χ0n) is 16.7. The molecule has 0 aliphatic heterocycles. The fourth-order valence-corrected chi connectivity index (χ4v) is 4.64. The average molecular weight is 471 g/mol. The Morgan fingerprint density at radius 3 is 2.19 bits per heavy atom. The molecule has 0 bridgehead atoms. The molecule has 1 amide bonds. The first kappa shape index (κ1) is 21.8. The molecule has 0 fully saturated rings. The van der Waals surface area contributed by atoms with E-state index in [1.807, 2.05) is 0 Å². The molecular weight excluding hydrogens is 454 g/mol. The van der Waals surface area contributed by atoms with Crippen molar-refractivity contribution in [3.05, 3.63) is 89.4 Å². The van der Waals surface area contributed by atoms with E-state index in [1.165, 1.54) is 42.5 Å². The number of nitrogens with one attached hydrogen (secondary N) is 1. The molecule has 0 spiro atoms. The predicted octanol–water partition coefficient (Wildman–Crippen LogP) is 5.41. The number of carbonyl (C=O) groups excluding carboxylic acids is 1. The summed E-state index contributed by atoms with van der Waals surface area (Å²) in [6.07, 6.45) is 1.11. The van der Waals surface area contributed by atoms with Crippen molar-refractivity contribution in [1.82, 2.24) is 4.98 Å². The topological polar surface area (TPSA) is 76.1 Å². The normalized spacial score (nSPS) is 11.3. The minimum Gasteiger partial charge on any atom is -0.320 e. The first-order chi connectivity index (χ1) is 15.2. The van der Waals surface area contributed by atoms with E-state index in [1.54, 1.807) is 30.3 Å². The monoisotopic (exact) mass is 470 g/mol. The third kappa shape index (κ3) is 4.74. The molecule has 0 aliphatic rings. The van der Waals surface area contributed by atoms with Crippen molar-refractivity contribution in [2.45, 2.75) is 4.90 Å². The van der Waals surface area contributed by atoms with Gasteiger partial charge in [0, 0.05) is 17.5 Å². The number of halogens is 2. The van der Waals surface area contributed by atoms with E-state index >= 15 is 0 Å². The standard InChI is InChI=1S/C23H16F2N2O3S2/c1-32(29,30)19-11-7-14(8-12-19)20-21(15-5-9-16(24)10-6-15)31-23(27-20)22(28)26-18-4-2-3-17(25)13-18/h2-13H,1H3,(H,26,28). The van der Waals surface area contributed by atoms with Crippen LogP contribution in [0.5, 0.6) is 0 Å². The molecular formula is C23H16F2N2O3S2. The van der Waals surface area contributed by atoms with Gasteiger partial charge in [0.2, 0.25) is 0 Å². The number of thiazole rings is 1. The van der Waals surface area contributed by atoms with Crippen LogP contribution in [-0.4, -0.2) is 25.6 Å². The second kappa shape index (κ2) is 8.60. The highest BCUT2D eigenvalue weighted by atomic mass is 32.2. The van der Waals surface area contributed by atoms with Crippen molar-refractivity contribution in [2.24, 2.45) is 0 Å². The van der Waals surface area contributed by atoms with Gasteiger partial charge in [-0.1, -0.05) is 30.3 Å². The Labute approximate surface area is 187 Å². The molecule has 0 unspecified atom stereocenters. The number of anilines is 1. The fraction of sp³-hybridized carbons (Fsp3) is 0.0435. The number of nitrogens with zero attached hydrogens (tertiary/aromatic N) is 1. The van der Waals surface area contributed by atoms with Gasteiger partial charge in [-0.3, -0.25) is 4.79 Å². The van der Waals surface area contributed by atoms with Gasteiger partial charge < -0.3 is 5.32 Å². The maximum atomic E-state index is 13.4. The molecule has 0 aliphatic carbocycles. The number of carbonyl (C=O) groups is 1. The number of aromatic nitrogens is 1. The van der Waals surface area contributed by atoms with Crippen molar-refractivity contribution >= 4 is 32.8 Å². The van der Waals surface area contributed by atoms with Crippen LogP contribution < -0.4 is 5.32 Å². The smallest absolute Gasteiger partial charge is 0.284 e. The van der Waals surface area contributed by atoms with Crippen LogP contribution in [0.2, 0.25) is 0 Å². The predicted molar refractivity (Wildman–Crippen MR) is 120 cm³/mol. The quantitative estimate of drug-likeness (QED) is 0.423. The van der Waals surface area contributed by atoms with Gasteiger partial charge in [0.15, 0.2) is 14.8 Å². The lowest BCUT2D eigenvalue weighted by atomic mass is 10.1. The Hall–Kier alpha value is -3.43. The highest BCUT2D eigenvalue weighted by molar-refractivity contribution is 7.90. The highest BCUT2D eigenvalue weighted by Crippen LogP contribution is 2.37. The summed E-state index contributed by atoms with van der Waals surface area (Å²) < 4.78 is 50.4. The van der Waals surface area contributed by atoms with Gasteiger partial charge in [-0.15, -0.1) is 11.3 Å². The third-order valence-electron chi connectivity index (χ3n) is 4.57. The van der Waals surface area contributed by atoms with Crippen LogP contribution in [0.25, 0.3) is 21.7 Å². The van der Waals surface area contributed by atoms with E-state index in [-0.39, 0.29) is 15.6 Å². The van der Waals surface area contributed by atoms with E-state index in [0.717, 1.165) is 17.6 Å². The van der Waals surface area contributed by atoms with Gasteiger partial charge >= 0.3 is 0 Å². The largest absolute Gasteiger partial charge is 0.320 e. The second-order valence-corrected chi connectivity index (χ2v) is 9.98. The number of hydrogen-bond acceptors (Lipinski definition) is 5. The van der Waals surface area contributed by atoms with Crippen molar-refractivity contribution in [3.63, 3.8) is 0 Å². The molecule has 32 heavy (non-hydrogen) atoms. The molecule has 0 saturated carbocycles. The minimum atomic E-state index is -3.37. The lowest BCUT2D eigenvalue weighted by molar-refractivity contribution is 0.102. The lowest BCUT2D eigenvalue weighted by Crippen LogP contribution is -2.11. The molecule has 0 saturated heterocycles. The SMILES string of the molecule is CS(=O)(=O)c1ccc(-c2nc(C(=O)Nc3cccc(F)c3)sc2-c2ccc(F)cc2)cc1. The Bertz CT molecular complexity index is 1400. The maximum absolute atomic E-state index is 13.4. The summed E-state index contributed by atoms with van der Waals surface area (Å²) in [6, 6.07) is 17.4. The van der Waals surface area contributed by atoms with Crippen LogP contribution in [0, 0.1) is 11.6 Å². The fourth-order valence-electron chi connectivity index (χ4n) is 3.02. The van der Waals surface area contributed by atoms with Crippen LogP contribution in [-0.2, 0) is 9.84 Å². The minimum absolute atomic E-state index is 0.121. The number of rotatable bonds is 5. The summed E-state index contributed by atoms with van der Waals surface area (Å²) in [6.45, 7) is 0. The van der Waals surface area contributed by atoms with Gasteiger partial charge in [0.25, 0.3) is 5.91 Å². The highest BCUT2D eigenvalue weighted by Gasteiger charge is 2.20. The summed E-state index contributed by atoms with van der Waals surface area (Å²) in [7, 11) is -3.37. The van der Waals surface area contributed by atoms with Gasteiger partial charge in [0.1, 0.15) is 11.6 Å². The summed E-state index contributed by atoms with van der Waals surface area (Å²) >= 11 is 1.10. The van der Waals surface area contributed by atoms with Crippen molar-refractivity contribution in [2.75, 3.05) is 11.6 Å². The Morgan fingerprint density at radius 1 is 0.906 bits per heavy atom. The number of hydrogen-bond donors (Lipinski definition) is 1. The lowest BCUT2D eigenvalue weighted by Gasteiger charge is -2.04. The molecule has 0 radical (unpaired) electrons. The molecule has 1 heterocycles. The van der Waals surface area contributed by atoms with Crippen LogP contribution in [0.3, 0.4) is 0 Å². The summed E-state index contributed by atoms with van der Waals surface area (Å²) in [4.78, 5) is 18.0. The number of sulfone groups is 1. The molecule has 1 N–H and O–H groups in total. The zero-order chi connectivity index (χ0) is 22.9. The first-order valence-corrected chi connectivity index (χ1v) is 12.1. The van der Waals surface area contributed by atoms with Crippen molar-refractivity contribution < 1.29 is 22.0 Å². The maximum Gasteiger partial charge on any atom is 0.284 e. The van der Waals surface area contributed by atoms with E-state index in [9.17, 15) is 22.0 Å². The Morgan fingerprint density at radius 2 is 1.56 bits per heavy atom. The first-order valence-electron chi connectivity index (χ1n) is 9.35. The number of benzene rings is 3. The van der Waals surface area contributed by atoms with E-state index in [0.29, 0.717) is 21.7 Å². The van der Waals surface area contributed by atoms with Crippen LogP contribution in [0.15, 0.2) is 77.7 Å². The third-order valence-corrected chi connectivity index (χ3v) is 6.80. The summed E-state index contributed by atoms with van der Waals surface area (Å²) in [5.74, 6) is -1.41. The molecule has 4 rings (SSSR count). The van der Waals surface area contributed by atoms with Crippen LogP contribution in [0.4, 0.5) is 14.5 Å². The van der Waals surface area contributed by atoms with Gasteiger partial charge in [-0.05, 0) is 48.0 Å². The van der Waals surface area contributed by atoms with Gasteiger partial charge in [-0.25, -0.2) is 22.2 Å². The van der Waals surface area contributed by atoms with E-state index < -0.39 is 27.4 Å². The molecule has 162 valence electrons. The number of amides is 1. The Kier molecular flexibility index (Phi) is 5.86. The summed E-state index contributed by atoms with van der Waals surface area (Å²) in [5.41, 5.74) is 1.98. The van der Waals surface area contributed by atoms with E-state index in [4.69, 9.17) is 0 Å². The molecule has 4 aromatic rings. The van der Waals surface area contributed by atoms with Gasteiger partial charge in [-0.2, -0.15) is 0 Å². The molecule has 5 nitrogen and oxygen atoms in total. The van der Waals surface area contributed by atoms with E-state index in [2.05, 4.69) is 10.3 Å². The van der Waals surface area contributed by atoms with Crippen molar-refractivity contribution in [3.8, 4) is 21.7 Å². The van der Waals surface area contributed by atoms with Gasteiger partial charge in [0.05, 0.1) is 15.5 Å². The summed E-state index contributed by atoms with van der Waals surface area (Å²) in [5, 5.41) is 2.73. The molecule has 1 aromatic heterocycles.